The highest BCUT2D eigenvalue weighted by Gasteiger charge is 2.79. The Morgan fingerprint density at radius 2 is 1.89 bits per heavy atom. The van der Waals surface area contributed by atoms with Crippen molar-refractivity contribution < 1.29 is 29.3 Å². The maximum Gasteiger partial charge on any atom is 0.310 e. The molecule has 2 aromatic rings. The number of carboxylic acid groups (broad SMARTS) is 1. The maximum atomic E-state index is 14.5. The molecule has 3 aliphatic rings. The van der Waals surface area contributed by atoms with Crippen LogP contribution in [0.2, 0.25) is 5.02 Å². The molecule has 5 rings (SSSR count). The normalized spacial score (nSPS) is 30.7. The Kier molecular flexibility index (Phi) is 6.38. The fraction of sp³-hybridized carbons (Fsp3) is 0.393. The van der Waals surface area contributed by atoms with E-state index in [-0.39, 0.29) is 6.54 Å². The molecule has 0 aliphatic carbocycles. The largest absolute Gasteiger partial charge is 0.481 e. The first-order valence-electron chi connectivity index (χ1n) is 12.3. The first kappa shape index (κ1) is 25.4. The van der Waals surface area contributed by atoms with Gasteiger partial charge in [-0.3, -0.25) is 14.4 Å². The van der Waals surface area contributed by atoms with Crippen LogP contribution in [0.3, 0.4) is 0 Å². The van der Waals surface area contributed by atoms with Gasteiger partial charge in [-0.2, -0.15) is 0 Å². The third kappa shape index (κ3) is 3.69. The van der Waals surface area contributed by atoms with Crippen LogP contribution in [-0.2, 0) is 19.1 Å². The van der Waals surface area contributed by atoms with E-state index < -0.39 is 59.5 Å². The van der Waals surface area contributed by atoms with Gasteiger partial charge in [-0.1, -0.05) is 60.1 Å². The number of amides is 2. The van der Waals surface area contributed by atoms with E-state index in [1.807, 2.05) is 6.07 Å². The minimum atomic E-state index is -1.35. The third-order valence-electron chi connectivity index (χ3n) is 8.13. The maximum absolute atomic E-state index is 14.5. The second-order valence-electron chi connectivity index (χ2n) is 10.1. The number of aliphatic hydroxyl groups excluding tert-OH is 1. The molecule has 3 saturated heterocycles. The van der Waals surface area contributed by atoms with E-state index in [1.165, 1.54) is 9.80 Å². The Balaban J connectivity index is 1.69. The molecule has 0 saturated carbocycles. The van der Waals surface area contributed by atoms with Gasteiger partial charge in [0.1, 0.15) is 11.6 Å². The van der Waals surface area contributed by atoms with Gasteiger partial charge in [0.15, 0.2) is 0 Å². The molecule has 3 aliphatic heterocycles. The highest BCUT2D eigenvalue weighted by atomic mass is 35.5. The minimum Gasteiger partial charge on any atom is -0.481 e. The number of fused-ring (bicyclic) bond motifs is 1. The van der Waals surface area contributed by atoms with E-state index >= 15 is 0 Å². The van der Waals surface area contributed by atoms with Crippen LogP contribution in [0.1, 0.15) is 31.4 Å². The topological polar surface area (TPSA) is 107 Å². The zero-order valence-electron chi connectivity index (χ0n) is 20.4. The molecule has 3 fully saturated rings. The fourth-order valence-corrected chi connectivity index (χ4v) is 6.88. The lowest BCUT2D eigenvalue weighted by atomic mass is 9.66. The van der Waals surface area contributed by atoms with Crippen LogP contribution in [0.25, 0.3) is 0 Å². The Bertz CT molecular complexity index is 1250. The first-order valence-corrected chi connectivity index (χ1v) is 12.7. The Labute approximate surface area is 220 Å². The summed E-state index contributed by atoms with van der Waals surface area (Å²) in [5.74, 6) is -4.28. The summed E-state index contributed by atoms with van der Waals surface area (Å²) in [4.78, 5) is 43.9. The number of rotatable bonds is 8. The van der Waals surface area contributed by atoms with Crippen LogP contribution in [0, 0.1) is 11.8 Å². The van der Waals surface area contributed by atoms with Crippen LogP contribution < -0.4 is 4.90 Å². The van der Waals surface area contributed by atoms with Crippen molar-refractivity contribution in [1.29, 1.82) is 0 Å². The van der Waals surface area contributed by atoms with E-state index in [0.29, 0.717) is 29.1 Å². The number of ether oxygens (including phenoxy) is 1. The number of aliphatic carboxylic acids is 1. The van der Waals surface area contributed by atoms with Gasteiger partial charge in [0.2, 0.25) is 5.91 Å². The number of hydrogen-bond acceptors (Lipinski definition) is 5. The molecule has 9 heteroatoms. The van der Waals surface area contributed by atoms with Gasteiger partial charge < -0.3 is 24.7 Å². The number of carboxylic acids is 1. The van der Waals surface area contributed by atoms with Crippen molar-refractivity contribution in [1.82, 2.24) is 4.90 Å². The number of anilines is 1. The molecular formula is C28H29ClN2O6. The number of carbonyl (C=O) groups excluding carboxylic acids is 2. The molecule has 194 valence electrons. The number of benzene rings is 2. The lowest BCUT2D eigenvalue weighted by molar-refractivity contribution is -0.155. The average molecular weight is 525 g/mol. The third-order valence-corrected chi connectivity index (χ3v) is 8.45. The summed E-state index contributed by atoms with van der Waals surface area (Å²) in [6, 6.07) is 13.7. The molecule has 8 nitrogen and oxygen atoms in total. The summed E-state index contributed by atoms with van der Waals surface area (Å²) in [6.45, 7) is 5.15. The van der Waals surface area contributed by atoms with Crippen molar-refractivity contribution in [2.75, 3.05) is 18.1 Å². The molecule has 6 atom stereocenters. The van der Waals surface area contributed by atoms with Crippen LogP contribution >= 0.6 is 11.6 Å². The number of nitrogens with zero attached hydrogens (tertiary/aromatic N) is 2. The van der Waals surface area contributed by atoms with E-state index in [0.717, 1.165) is 0 Å². The van der Waals surface area contributed by atoms with Crippen molar-refractivity contribution in [3.05, 3.63) is 77.8 Å². The second kappa shape index (κ2) is 9.28. The summed E-state index contributed by atoms with van der Waals surface area (Å²) in [7, 11) is 0. The number of hydrogen-bond donors (Lipinski definition) is 2. The molecule has 2 unspecified atom stereocenters. The van der Waals surface area contributed by atoms with Gasteiger partial charge in [-0.15, -0.1) is 6.58 Å². The van der Waals surface area contributed by atoms with Crippen molar-refractivity contribution in [3.63, 3.8) is 0 Å². The van der Waals surface area contributed by atoms with Gasteiger partial charge in [-0.25, -0.2) is 0 Å². The lowest BCUT2D eigenvalue weighted by Crippen LogP contribution is -2.57. The van der Waals surface area contributed by atoms with Crippen LogP contribution in [0.5, 0.6) is 0 Å². The molecule has 1 spiro atoms. The standard InChI is InChI=1S/C28H29ClN2O6/c1-3-15-30(19-12-8-7-11-18(19)29)25(34)23-28-14-13-27(2,37-28)22(26(35)36)21(28)24(33)31(23)20(16-32)17-9-5-4-6-10-17/h3-12,20-23,32H,1,13-16H2,2H3,(H,35,36)/t20-,21+,22+,23?,27-,28?/m1/s1. The molecule has 3 heterocycles. The van der Waals surface area contributed by atoms with Crippen molar-refractivity contribution in [2.24, 2.45) is 11.8 Å². The molecule has 0 radical (unpaired) electrons. The zero-order valence-corrected chi connectivity index (χ0v) is 21.2. The molecule has 2 aromatic carbocycles. The van der Waals surface area contributed by atoms with Gasteiger partial charge in [0, 0.05) is 6.54 Å². The van der Waals surface area contributed by atoms with Crippen molar-refractivity contribution in [3.8, 4) is 0 Å². The SMILES string of the molecule is C=CCN(C(=O)C1N([C@H](CO)c2ccccc2)C(=O)[C@@H]2[C@@H](C(=O)O)[C@@]3(C)CCC12O3)c1ccccc1Cl. The number of carbonyl (C=O) groups is 3. The summed E-state index contributed by atoms with van der Waals surface area (Å²) >= 11 is 6.47. The average Bonchev–Trinajstić information content (AvgIpc) is 3.45. The van der Waals surface area contributed by atoms with Gasteiger partial charge in [0.25, 0.3) is 5.91 Å². The Morgan fingerprint density at radius 3 is 2.51 bits per heavy atom. The molecule has 2 bridgehead atoms. The van der Waals surface area contributed by atoms with Crippen LogP contribution in [-0.4, -0.2) is 63.3 Å². The van der Waals surface area contributed by atoms with Crippen molar-refractivity contribution in [2.45, 2.75) is 43.1 Å². The molecular weight excluding hydrogens is 496 g/mol. The van der Waals surface area contributed by atoms with E-state index in [2.05, 4.69) is 6.58 Å². The van der Waals surface area contributed by atoms with Gasteiger partial charge in [0.05, 0.1) is 40.8 Å². The van der Waals surface area contributed by atoms with E-state index in [9.17, 15) is 24.6 Å². The number of likely N-dealkylation sites (tertiary alicyclic amines) is 1. The summed E-state index contributed by atoms with van der Waals surface area (Å²) in [5, 5.41) is 21.0. The number of para-hydroxylation sites is 1. The van der Waals surface area contributed by atoms with E-state index in [1.54, 1.807) is 61.5 Å². The highest BCUT2D eigenvalue weighted by Crippen LogP contribution is 2.64. The first-order chi connectivity index (χ1) is 17.7. The van der Waals surface area contributed by atoms with Gasteiger partial charge in [-0.05, 0) is 37.5 Å². The minimum absolute atomic E-state index is 0.108. The summed E-state index contributed by atoms with van der Waals surface area (Å²) in [5.41, 5.74) is -1.36. The Hall–Kier alpha value is -3.20. The smallest absolute Gasteiger partial charge is 0.310 e. The van der Waals surface area contributed by atoms with Crippen molar-refractivity contribution >= 4 is 35.1 Å². The Morgan fingerprint density at radius 1 is 1.22 bits per heavy atom. The lowest BCUT2D eigenvalue weighted by Gasteiger charge is -2.39. The highest BCUT2D eigenvalue weighted by molar-refractivity contribution is 6.34. The molecule has 2 amide bonds. The van der Waals surface area contributed by atoms with E-state index in [4.69, 9.17) is 16.3 Å². The van der Waals surface area contributed by atoms with Gasteiger partial charge >= 0.3 is 5.97 Å². The summed E-state index contributed by atoms with van der Waals surface area (Å²) in [6.07, 6.45) is 2.30. The van der Waals surface area contributed by atoms with Crippen LogP contribution in [0.15, 0.2) is 67.3 Å². The second-order valence-corrected chi connectivity index (χ2v) is 10.5. The number of halogens is 1. The fourth-order valence-electron chi connectivity index (χ4n) is 6.64. The molecule has 2 N–H and O–H groups in total. The van der Waals surface area contributed by atoms with Crippen LogP contribution in [0.4, 0.5) is 5.69 Å². The molecule has 0 aromatic heterocycles. The zero-order chi connectivity index (χ0) is 26.5. The molecule has 37 heavy (non-hydrogen) atoms. The quantitative estimate of drug-likeness (QED) is 0.512. The predicted molar refractivity (Wildman–Crippen MR) is 137 cm³/mol. The predicted octanol–water partition coefficient (Wildman–Crippen LogP) is 3.44. The number of aliphatic hydroxyl groups is 1. The monoisotopic (exact) mass is 524 g/mol. The summed E-state index contributed by atoms with van der Waals surface area (Å²) < 4.78 is 6.47.